The van der Waals surface area contributed by atoms with Crippen LogP contribution in [0.5, 0.6) is 0 Å². The van der Waals surface area contributed by atoms with Gasteiger partial charge in [0.1, 0.15) is 5.71 Å². The summed E-state index contributed by atoms with van der Waals surface area (Å²) >= 11 is 0. The topological polar surface area (TPSA) is 82.6 Å². The van der Waals surface area contributed by atoms with Gasteiger partial charge in [-0.1, -0.05) is 0 Å². The van der Waals surface area contributed by atoms with Crippen LogP contribution in [0.15, 0.2) is 5.10 Å². The van der Waals surface area contributed by atoms with E-state index in [0.29, 0.717) is 18.6 Å². The van der Waals surface area contributed by atoms with Gasteiger partial charge in [-0.05, 0) is 13.0 Å². The number of amides is 2. The molecule has 82 valence electrons. The average molecular weight is 210 g/mol. The number of nitrogens with one attached hydrogen (secondary N) is 3. The second-order valence-corrected chi connectivity index (χ2v) is 3.76. The van der Waals surface area contributed by atoms with Crippen molar-refractivity contribution in [1.29, 1.82) is 0 Å². The largest absolute Gasteiger partial charge is 0.347 e. The molecule has 0 aromatic heterocycles. The SMILES string of the molecule is O=C1CCC(C(=O)N[C@H]2CCNC2)=NN1. The van der Waals surface area contributed by atoms with Gasteiger partial charge in [0.2, 0.25) is 5.91 Å². The summed E-state index contributed by atoms with van der Waals surface area (Å²) in [6.45, 7) is 1.75. The highest BCUT2D eigenvalue weighted by atomic mass is 16.2. The molecule has 2 aliphatic rings. The number of hydrazone groups is 1. The number of rotatable bonds is 2. The Balaban J connectivity index is 1.87. The summed E-state index contributed by atoms with van der Waals surface area (Å²) in [5.41, 5.74) is 2.73. The van der Waals surface area contributed by atoms with Crippen LogP contribution < -0.4 is 16.1 Å². The Morgan fingerprint density at radius 2 is 2.33 bits per heavy atom. The molecular weight excluding hydrogens is 196 g/mol. The standard InChI is InChI=1S/C9H14N4O2/c14-8-2-1-7(12-13-8)9(15)11-6-3-4-10-5-6/h6,10H,1-5H2,(H,11,15)(H,13,14)/t6-/m0/s1. The second-order valence-electron chi connectivity index (χ2n) is 3.76. The van der Waals surface area contributed by atoms with Crippen LogP contribution in [0.25, 0.3) is 0 Å². The molecule has 2 rings (SSSR count). The molecule has 2 amide bonds. The molecule has 1 fully saturated rings. The van der Waals surface area contributed by atoms with Crippen LogP contribution in [0.4, 0.5) is 0 Å². The maximum atomic E-state index is 11.6. The Bertz CT molecular complexity index is 307. The average Bonchev–Trinajstić information content (AvgIpc) is 2.71. The van der Waals surface area contributed by atoms with Crippen molar-refractivity contribution in [3.8, 4) is 0 Å². The van der Waals surface area contributed by atoms with Gasteiger partial charge < -0.3 is 10.6 Å². The van der Waals surface area contributed by atoms with E-state index in [1.807, 2.05) is 0 Å². The molecule has 2 aliphatic heterocycles. The predicted octanol–water partition coefficient (Wildman–Crippen LogP) is -1.27. The molecule has 2 heterocycles. The van der Waals surface area contributed by atoms with Gasteiger partial charge in [0.05, 0.1) is 0 Å². The quantitative estimate of drug-likeness (QED) is 0.531. The molecule has 0 bridgehead atoms. The predicted molar refractivity (Wildman–Crippen MR) is 54.2 cm³/mol. The molecule has 6 heteroatoms. The van der Waals surface area contributed by atoms with Crippen LogP contribution >= 0.6 is 0 Å². The van der Waals surface area contributed by atoms with E-state index in [1.165, 1.54) is 0 Å². The molecule has 0 aliphatic carbocycles. The zero-order chi connectivity index (χ0) is 10.7. The van der Waals surface area contributed by atoms with Crippen molar-refractivity contribution in [2.24, 2.45) is 5.10 Å². The first-order valence-electron chi connectivity index (χ1n) is 5.12. The summed E-state index contributed by atoms with van der Waals surface area (Å²) in [7, 11) is 0. The van der Waals surface area contributed by atoms with E-state index >= 15 is 0 Å². The summed E-state index contributed by atoms with van der Waals surface area (Å²) in [5, 5.41) is 9.78. The van der Waals surface area contributed by atoms with Crippen LogP contribution in [0.2, 0.25) is 0 Å². The van der Waals surface area contributed by atoms with E-state index < -0.39 is 0 Å². The third-order valence-corrected chi connectivity index (χ3v) is 2.56. The van der Waals surface area contributed by atoms with Crippen molar-refractivity contribution in [3.05, 3.63) is 0 Å². The monoisotopic (exact) mass is 210 g/mol. The van der Waals surface area contributed by atoms with Crippen LogP contribution in [0.3, 0.4) is 0 Å². The van der Waals surface area contributed by atoms with Crippen molar-refractivity contribution >= 4 is 17.5 Å². The van der Waals surface area contributed by atoms with E-state index in [2.05, 4.69) is 21.2 Å². The normalized spacial score (nSPS) is 25.7. The summed E-state index contributed by atoms with van der Waals surface area (Å²) < 4.78 is 0. The lowest BCUT2D eigenvalue weighted by molar-refractivity contribution is -0.121. The highest BCUT2D eigenvalue weighted by Gasteiger charge is 2.22. The molecule has 0 aromatic carbocycles. The summed E-state index contributed by atoms with van der Waals surface area (Å²) in [5.74, 6) is -0.294. The van der Waals surface area contributed by atoms with Crippen LogP contribution in [-0.2, 0) is 9.59 Å². The first-order valence-corrected chi connectivity index (χ1v) is 5.12. The molecule has 1 saturated heterocycles. The van der Waals surface area contributed by atoms with Crippen LogP contribution in [0, 0.1) is 0 Å². The molecule has 3 N–H and O–H groups in total. The van der Waals surface area contributed by atoms with Crippen molar-refractivity contribution in [2.75, 3.05) is 13.1 Å². The Hall–Kier alpha value is -1.43. The van der Waals surface area contributed by atoms with E-state index in [0.717, 1.165) is 19.5 Å². The Labute approximate surface area is 87.5 Å². The maximum Gasteiger partial charge on any atom is 0.267 e. The zero-order valence-electron chi connectivity index (χ0n) is 8.38. The number of carbonyl (C=O) groups is 2. The molecule has 0 spiro atoms. The highest BCUT2D eigenvalue weighted by Crippen LogP contribution is 2.02. The Morgan fingerprint density at radius 3 is 2.93 bits per heavy atom. The fourth-order valence-corrected chi connectivity index (χ4v) is 1.68. The lowest BCUT2D eigenvalue weighted by Gasteiger charge is -2.14. The van der Waals surface area contributed by atoms with Crippen molar-refractivity contribution < 1.29 is 9.59 Å². The van der Waals surface area contributed by atoms with Crippen LogP contribution in [-0.4, -0.2) is 36.7 Å². The minimum atomic E-state index is -0.163. The van der Waals surface area contributed by atoms with E-state index in [9.17, 15) is 9.59 Å². The van der Waals surface area contributed by atoms with Gasteiger partial charge in [0.25, 0.3) is 5.91 Å². The maximum absolute atomic E-state index is 11.6. The highest BCUT2D eigenvalue weighted by molar-refractivity contribution is 6.39. The third-order valence-electron chi connectivity index (χ3n) is 2.56. The molecule has 0 radical (unpaired) electrons. The van der Waals surface area contributed by atoms with Gasteiger partial charge in [-0.15, -0.1) is 0 Å². The van der Waals surface area contributed by atoms with Gasteiger partial charge in [0, 0.05) is 25.4 Å². The number of hydrogen-bond acceptors (Lipinski definition) is 4. The molecule has 15 heavy (non-hydrogen) atoms. The van der Waals surface area contributed by atoms with Crippen molar-refractivity contribution in [3.63, 3.8) is 0 Å². The second kappa shape index (κ2) is 4.39. The smallest absolute Gasteiger partial charge is 0.267 e. The molecule has 6 nitrogen and oxygen atoms in total. The molecule has 0 aromatic rings. The summed E-state index contributed by atoms with van der Waals surface area (Å²) in [6, 6.07) is 0.192. The van der Waals surface area contributed by atoms with Gasteiger partial charge in [-0.2, -0.15) is 5.10 Å². The van der Waals surface area contributed by atoms with E-state index in [1.54, 1.807) is 0 Å². The molecule has 1 atom stereocenters. The summed E-state index contributed by atoms with van der Waals surface area (Å²) in [4.78, 5) is 22.5. The van der Waals surface area contributed by atoms with Crippen molar-refractivity contribution in [1.82, 2.24) is 16.1 Å². The van der Waals surface area contributed by atoms with Gasteiger partial charge >= 0.3 is 0 Å². The van der Waals surface area contributed by atoms with Crippen molar-refractivity contribution in [2.45, 2.75) is 25.3 Å². The number of hydrogen-bond donors (Lipinski definition) is 3. The van der Waals surface area contributed by atoms with Gasteiger partial charge in [-0.3, -0.25) is 9.59 Å². The summed E-state index contributed by atoms with van der Waals surface area (Å²) in [6.07, 6.45) is 1.72. The van der Waals surface area contributed by atoms with Gasteiger partial charge in [0.15, 0.2) is 0 Å². The zero-order valence-corrected chi connectivity index (χ0v) is 8.38. The Morgan fingerprint density at radius 1 is 1.47 bits per heavy atom. The van der Waals surface area contributed by atoms with Gasteiger partial charge in [-0.25, -0.2) is 5.43 Å². The van der Waals surface area contributed by atoms with E-state index in [4.69, 9.17) is 0 Å². The molecular formula is C9H14N4O2. The fourth-order valence-electron chi connectivity index (χ4n) is 1.68. The lowest BCUT2D eigenvalue weighted by atomic mass is 10.1. The number of carbonyl (C=O) groups excluding carboxylic acids is 2. The minimum absolute atomic E-state index is 0.130. The number of nitrogens with zero attached hydrogens (tertiary/aromatic N) is 1. The fraction of sp³-hybridized carbons (Fsp3) is 0.667. The first-order chi connectivity index (χ1) is 7.25. The molecule has 0 unspecified atom stereocenters. The first kappa shape index (κ1) is 10.1. The van der Waals surface area contributed by atoms with E-state index in [-0.39, 0.29) is 17.9 Å². The molecule has 0 saturated carbocycles. The van der Waals surface area contributed by atoms with Crippen LogP contribution in [0.1, 0.15) is 19.3 Å². The third kappa shape index (κ3) is 2.53. The minimum Gasteiger partial charge on any atom is -0.347 e. The Kier molecular flexibility index (Phi) is 2.96. The lowest BCUT2D eigenvalue weighted by Crippen LogP contribution is -2.42.